The van der Waals surface area contributed by atoms with Gasteiger partial charge in [0.15, 0.2) is 11.5 Å². The van der Waals surface area contributed by atoms with E-state index in [4.69, 9.17) is 14.2 Å². The highest BCUT2D eigenvalue weighted by Crippen LogP contribution is 2.38. The third-order valence-electron chi connectivity index (χ3n) is 3.11. The van der Waals surface area contributed by atoms with E-state index in [9.17, 15) is 4.79 Å². The number of ether oxygens (including phenoxy) is 3. The molecule has 20 heavy (non-hydrogen) atoms. The lowest BCUT2D eigenvalue weighted by atomic mass is 10.1. The number of fused-ring (bicyclic) bond motifs is 1. The Labute approximate surface area is 125 Å². The van der Waals surface area contributed by atoms with Gasteiger partial charge in [0.2, 0.25) is 0 Å². The summed E-state index contributed by atoms with van der Waals surface area (Å²) in [6.07, 6.45) is 3.13. The molecule has 0 fully saturated rings. The largest absolute Gasteiger partial charge is 0.501 e. The fourth-order valence-corrected chi connectivity index (χ4v) is 2.52. The van der Waals surface area contributed by atoms with Crippen LogP contribution < -0.4 is 14.8 Å². The van der Waals surface area contributed by atoms with Crippen LogP contribution in [0.2, 0.25) is 0 Å². The number of anilines is 1. The number of amides is 1. The van der Waals surface area contributed by atoms with Crippen molar-refractivity contribution in [1.82, 2.24) is 0 Å². The molecule has 2 aliphatic heterocycles. The normalized spacial score (nSPS) is 16.9. The van der Waals surface area contributed by atoms with Gasteiger partial charge in [-0.25, -0.2) is 0 Å². The van der Waals surface area contributed by atoms with E-state index in [1.54, 1.807) is 12.1 Å². The molecule has 0 aromatic heterocycles. The molecule has 1 amide bonds. The molecular formula is C14H14BrNO4. The van der Waals surface area contributed by atoms with Crippen LogP contribution in [0.25, 0.3) is 0 Å². The zero-order valence-corrected chi connectivity index (χ0v) is 12.4. The molecule has 0 aliphatic carbocycles. The second-order valence-electron chi connectivity index (χ2n) is 4.55. The number of hydrogen-bond donors (Lipinski definition) is 1. The Hall–Kier alpha value is -1.69. The van der Waals surface area contributed by atoms with Crippen LogP contribution in [0.3, 0.4) is 0 Å². The van der Waals surface area contributed by atoms with E-state index >= 15 is 0 Å². The van der Waals surface area contributed by atoms with E-state index in [0.29, 0.717) is 42.6 Å². The van der Waals surface area contributed by atoms with Crippen molar-refractivity contribution in [1.29, 1.82) is 0 Å². The quantitative estimate of drug-likeness (QED) is 0.900. The van der Waals surface area contributed by atoms with Crippen molar-refractivity contribution in [3.8, 4) is 11.5 Å². The van der Waals surface area contributed by atoms with Crippen LogP contribution in [0.4, 0.5) is 5.69 Å². The number of carbonyl (C=O) groups excluding carboxylic acids is 1. The van der Waals surface area contributed by atoms with Crippen LogP contribution in [0.1, 0.15) is 12.8 Å². The minimum atomic E-state index is -0.151. The number of rotatable bonds is 2. The Morgan fingerprint density at radius 2 is 1.90 bits per heavy atom. The number of halogens is 1. The topological polar surface area (TPSA) is 56.8 Å². The molecule has 0 bridgehead atoms. The summed E-state index contributed by atoms with van der Waals surface area (Å²) < 4.78 is 16.9. The highest BCUT2D eigenvalue weighted by atomic mass is 79.9. The maximum Gasteiger partial charge on any atom is 0.254 e. The van der Waals surface area contributed by atoms with Crippen LogP contribution in [-0.4, -0.2) is 25.7 Å². The van der Waals surface area contributed by atoms with Crippen LogP contribution in [0.5, 0.6) is 11.5 Å². The summed E-state index contributed by atoms with van der Waals surface area (Å²) in [4.78, 5) is 12.1. The third-order valence-corrected chi connectivity index (χ3v) is 3.76. The molecule has 2 heterocycles. The molecule has 0 unspecified atom stereocenters. The second-order valence-corrected chi connectivity index (χ2v) is 5.40. The Morgan fingerprint density at radius 3 is 2.60 bits per heavy atom. The molecular weight excluding hydrogens is 326 g/mol. The maximum atomic E-state index is 12.1. The summed E-state index contributed by atoms with van der Waals surface area (Å²) in [7, 11) is 0. The van der Waals surface area contributed by atoms with Crippen LogP contribution in [0.15, 0.2) is 28.4 Å². The number of hydrogen-bond acceptors (Lipinski definition) is 4. The van der Waals surface area contributed by atoms with Gasteiger partial charge in [-0.15, -0.1) is 0 Å². The highest BCUT2D eigenvalue weighted by Gasteiger charge is 2.18. The first-order valence-corrected chi connectivity index (χ1v) is 7.24. The van der Waals surface area contributed by atoms with Crippen molar-refractivity contribution < 1.29 is 19.0 Å². The summed E-state index contributed by atoms with van der Waals surface area (Å²) in [5.74, 6) is 1.17. The average molecular weight is 340 g/mol. The fraction of sp³-hybridized carbons (Fsp3) is 0.357. The summed E-state index contributed by atoms with van der Waals surface area (Å²) in [6.45, 7) is 1.72. The van der Waals surface area contributed by atoms with Crippen LogP contribution in [0, 0.1) is 0 Å². The van der Waals surface area contributed by atoms with Gasteiger partial charge in [0, 0.05) is 16.6 Å². The molecule has 1 aromatic carbocycles. The molecule has 0 atom stereocenters. The van der Waals surface area contributed by atoms with Gasteiger partial charge in [-0.3, -0.25) is 4.79 Å². The van der Waals surface area contributed by atoms with E-state index in [1.807, 2.05) is 0 Å². The van der Waals surface area contributed by atoms with E-state index in [0.717, 1.165) is 17.3 Å². The molecule has 0 saturated carbocycles. The minimum absolute atomic E-state index is 0.151. The summed E-state index contributed by atoms with van der Waals surface area (Å²) in [5.41, 5.74) is 1.31. The summed E-state index contributed by atoms with van der Waals surface area (Å²) in [5, 5.41) is 2.86. The van der Waals surface area contributed by atoms with Crippen molar-refractivity contribution in [2.45, 2.75) is 12.8 Å². The monoisotopic (exact) mass is 339 g/mol. The van der Waals surface area contributed by atoms with Crippen molar-refractivity contribution in [3.05, 3.63) is 28.4 Å². The van der Waals surface area contributed by atoms with Gasteiger partial charge >= 0.3 is 0 Å². The van der Waals surface area contributed by atoms with Crippen molar-refractivity contribution >= 4 is 27.5 Å². The molecule has 5 nitrogen and oxygen atoms in total. The standard InChI is InChI=1S/C14H14BrNO4/c15-10-6-12-13(20-5-4-19-12)7-11(10)16-14(17)9-2-1-3-18-8-9/h6-8H,1-5H2,(H,16,17). The van der Waals surface area contributed by atoms with E-state index in [1.165, 1.54) is 6.26 Å². The average Bonchev–Trinajstić information content (AvgIpc) is 2.49. The molecule has 3 rings (SSSR count). The molecule has 106 valence electrons. The summed E-state index contributed by atoms with van der Waals surface area (Å²) >= 11 is 3.43. The SMILES string of the molecule is O=C(Nc1cc2c(cc1Br)OCCO2)C1=COCCC1. The van der Waals surface area contributed by atoms with Gasteiger partial charge in [0.25, 0.3) is 5.91 Å². The van der Waals surface area contributed by atoms with E-state index in [-0.39, 0.29) is 5.91 Å². The first-order chi connectivity index (χ1) is 9.74. The van der Waals surface area contributed by atoms with Gasteiger partial charge in [-0.1, -0.05) is 0 Å². The molecule has 1 N–H and O–H groups in total. The molecule has 0 spiro atoms. The molecule has 2 aliphatic rings. The van der Waals surface area contributed by atoms with Crippen molar-refractivity contribution in [2.75, 3.05) is 25.1 Å². The van der Waals surface area contributed by atoms with E-state index < -0.39 is 0 Å². The van der Waals surface area contributed by atoms with Gasteiger partial charge in [-0.05, 0) is 28.8 Å². The van der Waals surface area contributed by atoms with Crippen LogP contribution >= 0.6 is 15.9 Å². The Balaban J connectivity index is 1.80. The number of carbonyl (C=O) groups is 1. The Morgan fingerprint density at radius 1 is 1.15 bits per heavy atom. The fourth-order valence-electron chi connectivity index (χ4n) is 2.09. The van der Waals surface area contributed by atoms with Crippen LogP contribution in [-0.2, 0) is 9.53 Å². The van der Waals surface area contributed by atoms with Gasteiger partial charge in [-0.2, -0.15) is 0 Å². The van der Waals surface area contributed by atoms with Gasteiger partial charge < -0.3 is 19.5 Å². The van der Waals surface area contributed by atoms with Gasteiger partial charge in [0.1, 0.15) is 13.2 Å². The first-order valence-electron chi connectivity index (χ1n) is 6.45. The number of nitrogens with one attached hydrogen (secondary N) is 1. The molecule has 0 radical (unpaired) electrons. The lowest BCUT2D eigenvalue weighted by Gasteiger charge is -2.20. The third kappa shape index (κ3) is 2.75. The Bertz CT molecular complexity index is 571. The second kappa shape index (κ2) is 5.75. The first kappa shape index (κ1) is 13.3. The predicted molar refractivity (Wildman–Crippen MR) is 77.0 cm³/mol. The number of benzene rings is 1. The minimum Gasteiger partial charge on any atom is -0.501 e. The lowest BCUT2D eigenvalue weighted by molar-refractivity contribution is -0.113. The van der Waals surface area contributed by atoms with Crippen molar-refractivity contribution in [2.24, 2.45) is 0 Å². The predicted octanol–water partition coefficient (Wildman–Crippen LogP) is 2.85. The smallest absolute Gasteiger partial charge is 0.254 e. The highest BCUT2D eigenvalue weighted by molar-refractivity contribution is 9.10. The molecule has 1 aromatic rings. The van der Waals surface area contributed by atoms with Crippen molar-refractivity contribution in [3.63, 3.8) is 0 Å². The van der Waals surface area contributed by atoms with E-state index in [2.05, 4.69) is 21.2 Å². The maximum absolute atomic E-state index is 12.1. The molecule has 0 saturated heterocycles. The molecule has 6 heteroatoms. The summed E-state index contributed by atoms with van der Waals surface area (Å²) in [6, 6.07) is 3.57. The lowest BCUT2D eigenvalue weighted by Crippen LogP contribution is -2.19. The Kier molecular flexibility index (Phi) is 3.82. The zero-order valence-electron chi connectivity index (χ0n) is 10.8. The zero-order chi connectivity index (χ0) is 13.9. The van der Waals surface area contributed by atoms with Gasteiger partial charge in [0.05, 0.1) is 24.1 Å².